The van der Waals surface area contributed by atoms with Crippen molar-refractivity contribution in [1.82, 2.24) is 4.90 Å². The van der Waals surface area contributed by atoms with Gasteiger partial charge >= 0.3 is 0 Å². The Hall–Kier alpha value is -1.89. The summed E-state index contributed by atoms with van der Waals surface area (Å²) >= 11 is 0. The molecule has 3 aliphatic rings. The molecule has 6 heteroatoms. The molecule has 146 valence electrons. The van der Waals surface area contributed by atoms with E-state index in [1.165, 1.54) is 22.4 Å². The number of nitrogens with zero attached hydrogens (tertiary/aromatic N) is 2. The number of benzene rings is 1. The number of aliphatic hydroxyl groups is 1. The van der Waals surface area contributed by atoms with Crippen molar-refractivity contribution in [3.63, 3.8) is 0 Å². The maximum absolute atomic E-state index is 8.97. The minimum atomic E-state index is -0.0157. The Balaban J connectivity index is 1.43. The van der Waals surface area contributed by atoms with Crippen LogP contribution in [0.2, 0.25) is 0 Å². The summed E-state index contributed by atoms with van der Waals surface area (Å²) in [6.45, 7) is 4.23. The molecule has 0 aliphatic carbocycles. The van der Waals surface area contributed by atoms with Crippen LogP contribution >= 0.6 is 0 Å². The van der Waals surface area contributed by atoms with Crippen LogP contribution in [-0.2, 0) is 27.1 Å². The Morgan fingerprint density at radius 1 is 1.26 bits per heavy atom. The van der Waals surface area contributed by atoms with Crippen molar-refractivity contribution < 1.29 is 19.3 Å². The van der Waals surface area contributed by atoms with Crippen LogP contribution < -0.4 is 0 Å². The number of unbranched alkanes of at least 4 members (excludes halogenated alkanes) is 1. The summed E-state index contributed by atoms with van der Waals surface area (Å²) in [7, 11) is 0. The topological polar surface area (TPSA) is 63.5 Å². The smallest absolute Gasteiger partial charge is 0.212 e. The highest BCUT2D eigenvalue weighted by Gasteiger charge is 2.25. The van der Waals surface area contributed by atoms with Crippen molar-refractivity contribution in [2.45, 2.75) is 31.8 Å². The molecular formula is C21H28N2O4. The zero-order valence-electron chi connectivity index (χ0n) is 15.7. The molecular weight excluding hydrogens is 344 g/mol. The molecule has 27 heavy (non-hydrogen) atoms. The minimum absolute atomic E-state index is 0.0157. The average Bonchev–Trinajstić information content (AvgIpc) is 2.73. The molecule has 0 radical (unpaired) electrons. The van der Waals surface area contributed by atoms with Gasteiger partial charge in [0.05, 0.1) is 25.5 Å². The van der Waals surface area contributed by atoms with Crippen molar-refractivity contribution in [1.29, 1.82) is 0 Å². The van der Waals surface area contributed by atoms with Crippen LogP contribution in [0.5, 0.6) is 0 Å². The van der Waals surface area contributed by atoms with Crippen LogP contribution in [0.4, 0.5) is 0 Å². The lowest BCUT2D eigenvalue weighted by atomic mass is 9.92. The van der Waals surface area contributed by atoms with E-state index in [1.807, 2.05) is 0 Å². The second kappa shape index (κ2) is 8.87. The van der Waals surface area contributed by atoms with Crippen LogP contribution in [0, 0.1) is 0 Å². The molecule has 1 atom stereocenters. The fraction of sp³-hybridized carbons (Fsp3) is 0.571. The zero-order valence-corrected chi connectivity index (χ0v) is 15.7. The fourth-order valence-electron chi connectivity index (χ4n) is 3.78. The van der Waals surface area contributed by atoms with Gasteiger partial charge in [0.1, 0.15) is 19.4 Å². The van der Waals surface area contributed by atoms with Crippen LogP contribution in [0.25, 0.3) is 5.70 Å². The molecule has 3 heterocycles. The number of hydrogen-bond donors (Lipinski definition) is 1. The summed E-state index contributed by atoms with van der Waals surface area (Å²) in [4.78, 5) is 6.87. The highest BCUT2D eigenvalue weighted by Crippen LogP contribution is 2.31. The molecule has 6 nitrogen and oxygen atoms in total. The number of aryl methyl sites for hydroxylation is 1. The molecule has 3 aliphatic heterocycles. The first-order chi connectivity index (χ1) is 13.3. The first-order valence-corrected chi connectivity index (χ1v) is 9.90. The molecule has 1 aromatic rings. The van der Waals surface area contributed by atoms with Gasteiger partial charge in [-0.2, -0.15) is 0 Å². The Labute approximate surface area is 160 Å². The van der Waals surface area contributed by atoms with E-state index in [0.29, 0.717) is 39.0 Å². The van der Waals surface area contributed by atoms with Gasteiger partial charge in [-0.1, -0.05) is 18.2 Å². The first-order valence-electron chi connectivity index (χ1n) is 9.90. The summed E-state index contributed by atoms with van der Waals surface area (Å²) in [6, 6.07) is 6.76. The molecule has 0 spiro atoms. The van der Waals surface area contributed by atoms with Gasteiger partial charge in [-0.3, -0.25) is 0 Å². The van der Waals surface area contributed by atoms with Crippen LogP contribution in [0.3, 0.4) is 0 Å². The summed E-state index contributed by atoms with van der Waals surface area (Å²) < 4.78 is 16.9. The summed E-state index contributed by atoms with van der Waals surface area (Å²) in [5, 5.41) is 8.97. The van der Waals surface area contributed by atoms with Gasteiger partial charge in [-0.05, 0) is 36.8 Å². The summed E-state index contributed by atoms with van der Waals surface area (Å²) in [5.41, 5.74) is 5.22. The van der Waals surface area contributed by atoms with E-state index < -0.39 is 0 Å². The maximum atomic E-state index is 8.97. The third-order valence-electron chi connectivity index (χ3n) is 5.27. The Kier molecular flexibility index (Phi) is 6.07. The number of aliphatic imine (C=N–C) groups is 1. The van der Waals surface area contributed by atoms with Gasteiger partial charge in [0.25, 0.3) is 0 Å². The average molecular weight is 372 g/mol. The quantitative estimate of drug-likeness (QED) is 0.774. The van der Waals surface area contributed by atoms with E-state index in [2.05, 4.69) is 34.2 Å². The molecule has 1 aromatic carbocycles. The lowest BCUT2D eigenvalue weighted by molar-refractivity contribution is -0.103. The van der Waals surface area contributed by atoms with Gasteiger partial charge in [0, 0.05) is 24.8 Å². The van der Waals surface area contributed by atoms with Crippen LogP contribution in [0.1, 0.15) is 29.5 Å². The second-order valence-corrected chi connectivity index (χ2v) is 7.23. The van der Waals surface area contributed by atoms with Crippen molar-refractivity contribution >= 4 is 11.6 Å². The third kappa shape index (κ3) is 4.51. The van der Waals surface area contributed by atoms with E-state index in [-0.39, 0.29) is 12.7 Å². The molecule has 4 rings (SSSR count). The molecule has 1 N–H and O–H groups in total. The monoisotopic (exact) mass is 372 g/mol. The lowest BCUT2D eigenvalue weighted by Crippen LogP contribution is -2.35. The Morgan fingerprint density at radius 2 is 2.22 bits per heavy atom. The molecule has 0 bridgehead atoms. The number of fused-ring (bicyclic) bond motifs is 3. The van der Waals surface area contributed by atoms with E-state index in [1.54, 1.807) is 0 Å². The van der Waals surface area contributed by atoms with Crippen LogP contribution in [0.15, 0.2) is 29.3 Å². The Morgan fingerprint density at radius 3 is 3.07 bits per heavy atom. The van der Waals surface area contributed by atoms with E-state index in [0.717, 1.165) is 32.2 Å². The predicted octanol–water partition coefficient (Wildman–Crippen LogP) is 2.00. The lowest BCUT2D eigenvalue weighted by Gasteiger charge is -2.34. The molecule has 1 fully saturated rings. The first kappa shape index (κ1) is 18.5. The summed E-state index contributed by atoms with van der Waals surface area (Å²) in [5.74, 6) is 0.676. The third-order valence-corrected chi connectivity index (χ3v) is 5.27. The maximum Gasteiger partial charge on any atom is 0.212 e. The number of hydrogen-bond acceptors (Lipinski definition) is 6. The number of aliphatic hydroxyl groups excluding tert-OH is 1. The molecule has 0 unspecified atom stereocenters. The molecule has 0 saturated carbocycles. The fourth-order valence-corrected chi connectivity index (χ4v) is 3.78. The van der Waals surface area contributed by atoms with Crippen LogP contribution in [-0.4, -0.2) is 68.3 Å². The standard InChI is InChI=1S/C21H28N2O4/c24-8-2-1-3-16-4-5-19-17(11-16)6-7-23-15-22-21(12-20(19)23)27-14-18-13-25-9-10-26-18/h4-5,11-12,18,24H,1-3,6-10,13-15H2/t18-/m0/s1. The van der Waals surface area contributed by atoms with Gasteiger partial charge in [-0.15, -0.1) is 0 Å². The van der Waals surface area contributed by atoms with E-state index >= 15 is 0 Å². The second-order valence-electron chi connectivity index (χ2n) is 7.23. The van der Waals surface area contributed by atoms with E-state index in [4.69, 9.17) is 19.3 Å². The predicted molar refractivity (Wildman–Crippen MR) is 104 cm³/mol. The SMILES string of the molecule is OCCCCc1ccc2c(c1)CCN1CN=C(OC[C@@H]3COCCO3)C=C21. The van der Waals surface area contributed by atoms with Gasteiger partial charge in [0.15, 0.2) is 0 Å². The normalized spacial score (nSPS) is 21.8. The Bertz CT molecular complexity index is 710. The highest BCUT2D eigenvalue weighted by atomic mass is 16.6. The number of rotatable bonds is 6. The minimum Gasteiger partial charge on any atom is -0.475 e. The van der Waals surface area contributed by atoms with Gasteiger partial charge in [-0.25, -0.2) is 4.99 Å². The zero-order chi connectivity index (χ0) is 18.5. The molecule has 0 aromatic heterocycles. The van der Waals surface area contributed by atoms with Crippen molar-refractivity contribution in [2.24, 2.45) is 4.99 Å². The summed E-state index contributed by atoms with van der Waals surface area (Å²) in [6.07, 6.45) is 5.99. The van der Waals surface area contributed by atoms with E-state index in [9.17, 15) is 0 Å². The van der Waals surface area contributed by atoms with Crippen molar-refractivity contribution in [3.05, 3.63) is 41.0 Å². The van der Waals surface area contributed by atoms with Gasteiger partial charge in [0.2, 0.25) is 5.90 Å². The molecule has 0 amide bonds. The van der Waals surface area contributed by atoms with Crippen molar-refractivity contribution in [3.8, 4) is 0 Å². The highest BCUT2D eigenvalue weighted by molar-refractivity contribution is 5.96. The van der Waals surface area contributed by atoms with Crippen molar-refractivity contribution in [2.75, 3.05) is 46.2 Å². The van der Waals surface area contributed by atoms with Gasteiger partial charge < -0.3 is 24.2 Å². The largest absolute Gasteiger partial charge is 0.475 e. The number of ether oxygens (including phenoxy) is 3. The molecule has 1 saturated heterocycles.